The van der Waals surface area contributed by atoms with Crippen LogP contribution in [0, 0.1) is 0 Å². The van der Waals surface area contributed by atoms with Gasteiger partial charge in [-0.3, -0.25) is 4.79 Å². The van der Waals surface area contributed by atoms with Crippen LogP contribution in [0.4, 0.5) is 0 Å². The van der Waals surface area contributed by atoms with E-state index in [-0.39, 0.29) is 11.5 Å². The molecular formula is C16H11ClO3. The number of halogens is 1. The molecule has 1 heterocycles. The maximum absolute atomic E-state index is 12.2. The molecule has 20 heavy (non-hydrogen) atoms. The highest BCUT2D eigenvalue weighted by Gasteiger charge is 2.27. The molecule has 0 bridgehead atoms. The summed E-state index contributed by atoms with van der Waals surface area (Å²) in [6, 6.07) is 12.4. The molecule has 0 aliphatic carbocycles. The minimum atomic E-state index is -0.150. The normalized spacial score (nSPS) is 15.1. The molecule has 100 valence electrons. The summed E-state index contributed by atoms with van der Waals surface area (Å²) < 4.78 is 10.7. The Bertz CT molecular complexity index is 719. The zero-order valence-corrected chi connectivity index (χ0v) is 11.5. The van der Waals surface area contributed by atoms with Crippen molar-refractivity contribution in [2.75, 3.05) is 7.11 Å². The lowest BCUT2D eigenvalue weighted by molar-refractivity contribution is 0.101. The third kappa shape index (κ3) is 2.17. The molecule has 0 saturated heterocycles. The topological polar surface area (TPSA) is 35.5 Å². The zero-order valence-electron chi connectivity index (χ0n) is 10.7. The van der Waals surface area contributed by atoms with E-state index in [4.69, 9.17) is 21.1 Å². The smallest absolute Gasteiger partial charge is 0.231 e. The molecule has 1 aliphatic rings. The zero-order chi connectivity index (χ0) is 14.1. The maximum Gasteiger partial charge on any atom is 0.231 e. The Balaban J connectivity index is 1.99. The van der Waals surface area contributed by atoms with Crippen LogP contribution in [0.15, 0.2) is 48.2 Å². The van der Waals surface area contributed by atoms with Crippen molar-refractivity contribution in [3.63, 3.8) is 0 Å². The van der Waals surface area contributed by atoms with Crippen molar-refractivity contribution in [1.29, 1.82) is 0 Å². The number of carbonyl (C=O) groups is 1. The number of fused-ring (bicyclic) bond motifs is 1. The van der Waals surface area contributed by atoms with Crippen LogP contribution in [0.25, 0.3) is 6.08 Å². The second kappa shape index (κ2) is 5.02. The number of allylic oxidation sites excluding steroid dienone is 1. The lowest BCUT2D eigenvalue weighted by Crippen LogP contribution is -1.98. The first kappa shape index (κ1) is 12.8. The molecule has 0 aromatic heterocycles. The monoisotopic (exact) mass is 286 g/mol. The van der Waals surface area contributed by atoms with Gasteiger partial charge in [-0.15, -0.1) is 0 Å². The largest absolute Gasteiger partial charge is 0.497 e. The average Bonchev–Trinajstić information content (AvgIpc) is 2.77. The molecular weight excluding hydrogens is 276 g/mol. The fraction of sp³-hybridized carbons (Fsp3) is 0.0625. The van der Waals surface area contributed by atoms with Gasteiger partial charge in [-0.05, 0) is 29.8 Å². The van der Waals surface area contributed by atoms with Gasteiger partial charge in [-0.2, -0.15) is 0 Å². The van der Waals surface area contributed by atoms with Crippen LogP contribution in [0.2, 0.25) is 5.02 Å². The minimum Gasteiger partial charge on any atom is -0.497 e. The minimum absolute atomic E-state index is 0.150. The molecule has 0 saturated carbocycles. The lowest BCUT2D eigenvalue weighted by atomic mass is 10.1. The maximum atomic E-state index is 12.2. The van der Waals surface area contributed by atoms with E-state index in [1.54, 1.807) is 37.5 Å². The molecule has 0 amide bonds. The van der Waals surface area contributed by atoms with E-state index in [9.17, 15) is 4.79 Å². The molecule has 3 nitrogen and oxygen atoms in total. The van der Waals surface area contributed by atoms with E-state index in [1.165, 1.54) is 0 Å². The van der Waals surface area contributed by atoms with Gasteiger partial charge in [0.2, 0.25) is 5.78 Å². The Morgan fingerprint density at radius 1 is 1.20 bits per heavy atom. The Morgan fingerprint density at radius 3 is 2.75 bits per heavy atom. The summed E-state index contributed by atoms with van der Waals surface area (Å²) in [6.45, 7) is 0. The average molecular weight is 287 g/mol. The Labute approximate surface area is 121 Å². The molecule has 0 N–H and O–H groups in total. The van der Waals surface area contributed by atoms with Crippen molar-refractivity contribution in [3.8, 4) is 11.5 Å². The predicted molar refractivity (Wildman–Crippen MR) is 77.4 cm³/mol. The summed E-state index contributed by atoms with van der Waals surface area (Å²) >= 11 is 6.08. The number of hydrogen-bond acceptors (Lipinski definition) is 3. The van der Waals surface area contributed by atoms with Crippen LogP contribution in [0.3, 0.4) is 0 Å². The van der Waals surface area contributed by atoms with Gasteiger partial charge in [0.25, 0.3) is 0 Å². The highest BCUT2D eigenvalue weighted by molar-refractivity contribution is 6.32. The quantitative estimate of drug-likeness (QED) is 0.784. The van der Waals surface area contributed by atoms with Gasteiger partial charge in [-0.25, -0.2) is 0 Å². The molecule has 4 heteroatoms. The summed E-state index contributed by atoms with van der Waals surface area (Å²) in [6.07, 6.45) is 1.65. The summed E-state index contributed by atoms with van der Waals surface area (Å²) in [5.74, 6) is 1.27. The van der Waals surface area contributed by atoms with Gasteiger partial charge in [0.05, 0.1) is 12.7 Å². The Kier molecular flexibility index (Phi) is 3.20. The number of rotatable bonds is 2. The van der Waals surface area contributed by atoms with Crippen molar-refractivity contribution in [2.24, 2.45) is 0 Å². The second-order valence-electron chi connectivity index (χ2n) is 4.32. The van der Waals surface area contributed by atoms with Gasteiger partial charge >= 0.3 is 0 Å². The number of ketones is 1. The van der Waals surface area contributed by atoms with E-state index in [0.29, 0.717) is 22.1 Å². The van der Waals surface area contributed by atoms with Gasteiger partial charge in [0.15, 0.2) is 5.76 Å². The van der Waals surface area contributed by atoms with Crippen molar-refractivity contribution in [3.05, 3.63) is 64.4 Å². The summed E-state index contributed by atoms with van der Waals surface area (Å²) in [5, 5.41) is 0.574. The van der Waals surface area contributed by atoms with Crippen molar-refractivity contribution in [2.45, 2.75) is 0 Å². The molecule has 0 spiro atoms. The number of hydrogen-bond donors (Lipinski definition) is 0. The van der Waals surface area contributed by atoms with Crippen molar-refractivity contribution >= 4 is 23.5 Å². The molecule has 0 fully saturated rings. The molecule has 2 aromatic rings. The number of Topliss-reactive ketones (excluding diaryl/α,β-unsaturated/α-hetero) is 1. The summed E-state index contributed by atoms with van der Waals surface area (Å²) in [4.78, 5) is 12.2. The fourth-order valence-electron chi connectivity index (χ4n) is 2.03. The van der Waals surface area contributed by atoms with E-state index < -0.39 is 0 Å². The summed E-state index contributed by atoms with van der Waals surface area (Å²) in [7, 11) is 1.57. The van der Waals surface area contributed by atoms with Crippen molar-refractivity contribution in [1.82, 2.24) is 0 Å². The van der Waals surface area contributed by atoms with Crippen molar-refractivity contribution < 1.29 is 14.3 Å². The number of benzene rings is 2. The van der Waals surface area contributed by atoms with Crippen LogP contribution >= 0.6 is 11.6 Å². The van der Waals surface area contributed by atoms with Gasteiger partial charge < -0.3 is 9.47 Å². The van der Waals surface area contributed by atoms with Crippen LogP contribution in [-0.2, 0) is 0 Å². The predicted octanol–water partition coefficient (Wildman–Crippen LogP) is 3.96. The first-order valence-corrected chi connectivity index (χ1v) is 6.43. The third-order valence-electron chi connectivity index (χ3n) is 3.07. The molecule has 1 aliphatic heterocycles. The third-order valence-corrected chi connectivity index (χ3v) is 3.41. The molecule has 0 radical (unpaired) electrons. The SMILES string of the molecule is COc1ccc2c(c1)OC(=Cc1ccccc1Cl)C2=O. The lowest BCUT2D eigenvalue weighted by Gasteiger charge is -2.02. The first-order valence-electron chi connectivity index (χ1n) is 6.06. The van der Waals surface area contributed by atoms with E-state index in [1.807, 2.05) is 18.2 Å². The van der Waals surface area contributed by atoms with E-state index >= 15 is 0 Å². The van der Waals surface area contributed by atoms with Crippen LogP contribution < -0.4 is 9.47 Å². The summed E-state index contributed by atoms with van der Waals surface area (Å²) in [5.41, 5.74) is 1.28. The Morgan fingerprint density at radius 2 is 2.00 bits per heavy atom. The van der Waals surface area contributed by atoms with Gasteiger partial charge in [0, 0.05) is 11.1 Å². The molecule has 0 unspecified atom stereocenters. The standard InChI is InChI=1S/C16H11ClO3/c1-19-11-6-7-12-14(9-11)20-15(16(12)18)8-10-4-2-3-5-13(10)17/h2-9H,1H3. The van der Waals surface area contributed by atoms with Crippen LogP contribution in [0.1, 0.15) is 15.9 Å². The van der Waals surface area contributed by atoms with E-state index in [2.05, 4.69) is 0 Å². The highest BCUT2D eigenvalue weighted by atomic mass is 35.5. The van der Waals surface area contributed by atoms with Gasteiger partial charge in [0.1, 0.15) is 11.5 Å². The second-order valence-corrected chi connectivity index (χ2v) is 4.73. The number of methoxy groups -OCH3 is 1. The number of carbonyl (C=O) groups excluding carboxylic acids is 1. The molecule has 0 atom stereocenters. The fourth-order valence-corrected chi connectivity index (χ4v) is 2.22. The van der Waals surface area contributed by atoms with Crippen LogP contribution in [0.5, 0.6) is 11.5 Å². The first-order chi connectivity index (χ1) is 9.69. The number of ether oxygens (including phenoxy) is 2. The van der Waals surface area contributed by atoms with E-state index in [0.717, 1.165) is 5.56 Å². The molecule has 2 aromatic carbocycles. The highest BCUT2D eigenvalue weighted by Crippen LogP contribution is 2.35. The van der Waals surface area contributed by atoms with Gasteiger partial charge in [-0.1, -0.05) is 29.8 Å². The molecule has 3 rings (SSSR count). The Hall–Kier alpha value is -2.26. The van der Waals surface area contributed by atoms with Crippen LogP contribution in [-0.4, -0.2) is 12.9 Å².